The van der Waals surface area contributed by atoms with Gasteiger partial charge in [-0.1, -0.05) is 6.07 Å². The number of rotatable bonds is 3. The number of carbonyl (C=O) groups is 1. The van der Waals surface area contributed by atoms with Crippen LogP contribution in [0.3, 0.4) is 0 Å². The molecule has 0 atom stereocenters. The number of carbonyl (C=O) groups excluding carboxylic acids is 1. The summed E-state index contributed by atoms with van der Waals surface area (Å²) in [5.41, 5.74) is 2.61. The van der Waals surface area contributed by atoms with Crippen molar-refractivity contribution in [1.82, 2.24) is 10.3 Å². The maximum atomic E-state index is 12.5. The largest absolute Gasteiger partial charge is 0.394 e. The highest BCUT2D eigenvalue weighted by Crippen LogP contribution is 2.28. The zero-order chi connectivity index (χ0) is 14.0. The molecule has 0 spiro atoms. The molecule has 0 saturated carbocycles. The molecule has 0 aliphatic carbocycles. The van der Waals surface area contributed by atoms with Crippen LogP contribution in [0.5, 0.6) is 0 Å². The second-order valence-corrected chi connectivity index (χ2v) is 7.12. The van der Waals surface area contributed by atoms with Crippen LogP contribution < -0.4 is 5.32 Å². The molecule has 0 radical (unpaired) electrons. The summed E-state index contributed by atoms with van der Waals surface area (Å²) in [6.07, 6.45) is 1.62. The van der Waals surface area contributed by atoms with Crippen LogP contribution in [0.4, 0.5) is 0 Å². The number of aliphatic hydroxyl groups is 1. The molecular weight excluding hydrogens is 292 g/mol. The Morgan fingerprint density at radius 1 is 1.40 bits per heavy atom. The van der Waals surface area contributed by atoms with Crippen molar-refractivity contribution in [2.75, 3.05) is 18.1 Å². The maximum Gasteiger partial charge on any atom is 0.254 e. The van der Waals surface area contributed by atoms with Gasteiger partial charge in [0.25, 0.3) is 5.91 Å². The summed E-state index contributed by atoms with van der Waals surface area (Å²) in [4.78, 5) is 16.8. The van der Waals surface area contributed by atoms with E-state index < -0.39 is 5.54 Å². The van der Waals surface area contributed by atoms with Crippen LogP contribution in [0, 0.1) is 0 Å². The standard InChI is InChI=1S/C14H16N2O2S2/c17-8-14(4-6-19-7-5-14)16-13(18)10-2-1-3-11-12(10)15-9-20-11/h1-3,9,17H,4-8H2,(H,16,18). The van der Waals surface area contributed by atoms with Crippen molar-refractivity contribution in [3.05, 3.63) is 29.3 Å². The second-order valence-electron chi connectivity index (χ2n) is 5.01. The number of thioether (sulfide) groups is 1. The Hall–Kier alpha value is -1.11. The Bertz CT molecular complexity index is 620. The zero-order valence-corrected chi connectivity index (χ0v) is 12.6. The molecule has 1 aliphatic heterocycles. The topological polar surface area (TPSA) is 62.2 Å². The zero-order valence-electron chi connectivity index (χ0n) is 11.0. The van der Waals surface area contributed by atoms with Gasteiger partial charge in [0.2, 0.25) is 0 Å². The minimum atomic E-state index is -0.472. The Labute approximate surface area is 125 Å². The summed E-state index contributed by atoms with van der Waals surface area (Å²) < 4.78 is 1.01. The van der Waals surface area contributed by atoms with Crippen molar-refractivity contribution in [3.8, 4) is 0 Å². The molecule has 2 aromatic rings. The van der Waals surface area contributed by atoms with Crippen LogP contribution >= 0.6 is 23.1 Å². The van der Waals surface area contributed by atoms with Gasteiger partial charge in [0.05, 0.1) is 33.4 Å². The number of nitrogens with one attached hydrogen (secondary N) is 1. The minimum absolute atomic E-state index is 0.00760. The van der Waals surface area contributed by atoms with Crippen molar-refractivity contribution in [2.45, 2.75) is 18.4 Å². The number of thiazole rings is 1. The van der Waals surface area contributed by atoms with Gasteiger partial charge in [-0.2, -0.15) is 11.8 Å². The molecular formula is C14H16N2O2S2. The van der Waals surface area contributed by atoms with Gasteiger partial charge in [-0.25, -0.2) is 4.98 Å². The molecule has 6 heteroatoms. The van der Waals surface area contributed by atoms with E-state index in [1.54, 1.807) is 11.6 Å². The number of benzene rings is 1. The summed E-state index contributed by atoms with van der Waals surface area (Å²) in [5, 5.41) is 12.7. The lowest BCUT2D eigenvalue weighted by atomic mass is 9.92. The summed E-state index contributed by atoms with van der Waals surface area (Å²) in [7, 11) is 0. The van der Waals surface area contributed by atoms with Gasteiger partial charge in [0.15, 0.2) is 0 Å². The smallest absolute Gasteiger partial charge is 0.254 e. The lowest BCUT2D eigenvalue weighted by Gasteiger charge is -2.36. The quantitative estimate of drug-likeness (QED) is 0.913. The van der Waals surface area contributed by atoms with Crippen LogP contribution in [0.15, 0.2) is 23.7 Å². The molecule has 0 bridgehead atoms. The number of fused-ring (bicyclic) bond motifs is 1. The summed E-state index contributed by atoms with van der Waals surface area (Å²) in [6.45, 7) is -0.00760. The van der Waals surface area contributed by atoms with E-state index in [0.717, 1.165) is 34.6 Å². The Morgan fingerprint density at radius 2 is 2.20 bits per heavy atom. The minimum Gasteiger partial charge on any atom is -0.394 e. The van der Waals surface area contributed by atoms with E-state index in [1.165, 1.54) is 11.3 Å². The molecule has 4 nitrogen and oxygen atoms in total. The fourth-order valence-corrected chi connectivity index (χ4v) is 4.44. The number of hydrogen-bond donors (Lipinski definition) is 2. The molecule has 1 aliphatic rings. The van der Waals surface area contributed by atoms with Crippen LogP contribution in [0.1, 0.15) is 23.2 Å². The second kappa shape index (κ2) is 5.71. The summed E-state index contributed by atoms with van der Waals surface area (Å²) >= 11 is 3.39. The molecule has 2 heterocycles. The Morgan fingerprint density at radius 3 is 2.95 bits per heavy atom. The molecule has 2 N–H and O–H groups in total. The number of nitrogens with zero attached hydrogens (tertiary/aromatic N) is 1. The first-order valence-electron chi connectivity index (χ1n) is 6.57. The van der Waals surface area contributed by atoms with Gasteiger partial charge < -0.3 is 10.4 Å². The fraction of sp³-hybridized carbons (Fsp3) is 0.429. The van der Waals surface area contributed by atoms with E-state index in [9.17, 15) is 9.90 Å². The lowest BCUT2D eigenvalue weighted by Crippen LogP contribution is -2.53. The van der Waals surface area contributed by atoms with Crippen molar-refractivity contribution in [3.63, 3.8) is 0 Å². The SMILES string of the molecule is O=C(NC1(CO)CCSCC1)c1cccc2scnc12. The Kier molecular flexibility index (Phi) is 3.96. The van der Waals surface area contributed by atoms with Crippen molar-refractivity contribution < 1.29 is 9.90 Å². The molecule has 0 unspecified atom stereocenters. The predicted octanol–water partition coefficient (Wildman–Crippen LogP) is 2.28. The summed E-state index contributed by atoms with van der Waals surface area (Å²) in [5.74, 6) is 1.81. The van der Waals surface area contributed by atoms with E-state index >= 15 is 0 Å². The Balaban J connectivity index is 1.87. The van der Waals surface area contributed by atoms with Gasteiger partial charge in [-0.05, 0) is 36.5 Å². The van der Waals surface area contributed by atoms with Gasteiger partial charge in [0, 0.05) is 0 Å². The molecule has 1 aromatic carbocycles. The van der Waals surface area contributed by atoms with Crippen LogP contribution in [-0.2, 0) is 0 Å². The maximum absolute atomic E-state index is 12.5. The highest BCUT2D eigenvalue weighted by atomic mass is 32.2. The van der Waals surface area contributed by atoms with Crippen molar-refractivity contribution >= 4 is 39.2 Å². The lowest BCUT2D eigenvalue weighted by molar-refractivity contribution is 0.0819. The highest BCUT2D eigenvalue weighted by molar-refractivity contribution is 7.99. The first kappa shape index (κ1) is 13.9. The van der Waals surface area contributed by atoms with Crippen LogP contribution in [0.25, 0.3) is 10.2 Å². The number of amides is 1. The predicted molar refractivity (Wildman–Crippen MR) is 83.5 cm³/mol. The van der Waals surface area contributed by atoms with E-state index in [1.807, 2.05) is 23.9 Å². The fourth-order valence-electron chi connectivity index (χ4n) is 2.46. The first-order valence-corrected chi connectivity index (χ1v) is 8.61. The van der Waals surface area contributed by atoms with E-state index in [-0.39, 0.29) is 12.5 Å². The molecule has 1 saturated heterocycles. The third-order valence-corrected chi connectivity index (χ3v) is 5.52. The third-order valence-electron chi connectivity index (χ3n) is 3.74. The van der Waals surface area contributed by atoms with Gasteiger partial charge in [0.1, 0.15) is 0 Å². The average molecular weight is 308 g/mol. The molecule has 1 aromatic heterocycles. The first-order chi connectivity index (χ1) is 9.74. The number of aliphatic hydroxyl groups excluding tert-OH is 1. The third kappa shape index (κ3) is 2.55. The normalized spacial score (nSPS) is 18.1. The van der Waals surface area contributed by atoms with Crippen LogP contribution in [0.2, 0.25) is 0 Å². The highest BCUT2D eigenvalue weighted by Gasteiger charge is 2.33. The number of hydrogen-bond acceptors (Lipinski definition) is 5. The van der Waals surface area contributed by atoms with Crippen molar-refractivity contribution in [1.29, 1.82) is 0 Å². The van der Waals surface area contributed by atoms with Crippen molar-refractivity contribution in [2.24, 2.45) is 0 Å². The average Bonchev–Trinajstić information content (AvgIpc) is 2.96. The van der Waals surface area contributed by atoms with Gasteiger partial charge >= 0.3 is 0 Å². The molecule has 1 amide bonds. The van der Waals surface area contributed by atoms with Gasteiger partial charge in [-0.3, -0.25) is 4.79 Å². The molecule has 106 valence electrons. The van der Waals surface area contributed by atoms with E-state index in [4.69, 9.17) is 0 Å². The number of para-hydroxylation sites is 1. The monoisotopic (exact) mass is 308 g/mol. The van der Waals surface area contributed by atoms with E-state index in [2.05, 4.69) is 10.3 Å². The number of aromatic nitrogens is 1. The van der Waals surface area contributed by atoms with E-state index in [0.29, 0.717) is 5.56 Å². The van der Waals surface area contributed by atoms with Gasteiger partial charge in [-0.15, -0.1) is 11.3 Å². The molecule has 3 rings (SSSR count). The molecule has 1 fully saturated rings. The van der Waals surface area contributed by atoms with Crippen LogP contribution in [-0.4, -0.2) is 39.6 Å². The summed E-state index contributed by atoms with van der Waals surface area (Å²) in [6, 6.07) is 5.63. The molecule has 20 heavy (non-hydrogen) atoms.